The second kappa shape index (κ2) is 14.4. The van der Waals surface area contributed by atoms with Gasteiger partial charge in [0.2, 0.25) is 5.91 Å². The third-order valence-corrected chi connectivity index (χ3v) is 4.75. The molecule has 6 heteroatoms. The quantitative estimate of drug-likeness (QED) is 0.386. The molecule has 156 valence electrons. The molecule has 0 N–H and O–H groups in total. The highest BCUT2D eigenvalue weighted by atomic mass is 16.7. The molecule has 3 atom stereocenters. The lowest BCUT2D eigenvalue weighted by Crippen LogP contribution is -2.40. The standard InChI is InChI=1S/C20H41NO5/c1-8-17(5)24-14-12-20(7,9-2)26-16-19(22)21(10-3)13-15-25-18(6)23-11-4/h17-18H,8-16H2,1-7H3. The smallest absolute Gasteiger partial charge is 0.248 e. The van der Waals surface area contributed by atoms with Crippen LogP contribution in [0, 0.1) is 0 Å². The van der Waals surface area contributed by atoms with Gasteiger partial charge in [0.05, 0.1) is 18.3 Å². The lowest BCUT2D eigenvalue weighted by atomic mass is 9.99. The Kier molecular flexibility index (Phi) is 14.0. The van der Waals surface area contributed by atoms with E-state index < -0.39 is 0 Å². The van der Waals surface area contributed by atoms with Crippen LogP contribution in [-0.2, 0) is 23.7 Å². The zero-order valence-corrected chi connectivity index (χ0v) is 18.0. The number of nitrogens with zero attached hydrogens (tertiary/aromatic N) is 1. The van der Waals surface area contributed by atoms with E-state index in [9.17, 15) is 4.79 Å². The van der Waals surface area contributed by atoms with Gasteiger partial charge in [-0.05, 0) is 53.9 Å². The van der Waals surface area contributed by atoms with E-state index in [-0.39, 0.29) is 30.5 Å². The molecule has 26 heavy (non-hydrogen) atoms. The van der Waals surface area contributed by atoms with Crippen LogP contribution in [0.3, 0.4) is 0 Å². The minimum Gasteiger partial charge on any atom is -0.378 e. The van der Waals surface area contributed by atoms with Crippen molar-refractivity contribution < 1.29 is 23.7 Å². The summed E-state index contributed by atoms with van der Waals surface area (Å²) in [5, 5.41) is 0. The molecular formula is C20H41NO5. The van der Waals surface area contributed by atoms with E-state index in [0.29, 0.717) is 32.9 Å². The number of rotatable bonds is 16. The van der Waals surface area contributed by atoms with E-state index in [1.54, 1.807) is 4.90 Å². The van der Waals surface area contributed by atoms with Crippen LogP contribution in [0.4, 0.5) is 0 Å². The summed E-state index contributed by atoms with van der Waals surface area (Å²) in [5.41, 5.74) is -0.345. The SMILES string of the molecule is CCOC(C)OCCN(CC)C(=O)COC(C)(CC)CCOC(C)CC. The Hall–Kier alpha value is -0.690. The summed E-state index contributed by atoms with van der Waals surface area (Å²) in [6.45, 7) is 17.0. The zero-order valence-electron chi connectivity index (χ0n) is 18.0. The fraction of sp³-hybridized carbons (Fsp3) is 0.950. The summed E-state index contributed by atoms with van der Waals surface area (Å²) >= 11 is 0. The van der Waals surface area contributed by atoms with Crippen molar-refractivity contribution in [1.82, 2.24) is 4.90 Å². The maximum absolute atomic E-state index is 12.4. The Morgan fingerprint density at radius 3 is 2.27 bits per heavy atom. The van der Waals surface area contributed by atoms with Gasteiger partial charge in [0.15, 0.2) is 6.29 Å². The van der Waals surface area contributed by atoms with Gasteiger partial charge in [-0.2, -0.15) is 0 Å². The summed E-state index contributed by atoms with van der Waals surface area (Å²) in [4.78, 5) is 14.2. The predicted octanol–water partition coefficient (Wildman–Crippen LogP) is 3.62. The molecule has 0 bridgehead atoms. The van der Waals surface area contributed by atoms with E-state index in [1.165, 1.54) is 0 Å². The van der Waals surface area contributed by atoms with Crippen LogP contribution in [0.5, 0.6) is 0 Å². The van der Waals surface area contributed by atoms with Crippen molar-refractivity contribution in [3.8, 4) is 0 Å². The first kappa shape index (κ1) is 25.3. The first-order valence-corrected chi connectivity index (χ1v) is 10.1. The molecule has 0 aromatic rings. The van der Waals surface area contributed by atoms with Crippen LogP contribution in [0.15, 0.2) is 0 Å². The Morgan fingerprint density at radius 1 is 1.04 bits per heavy atom. The number of ether oxygens (including phenoxy) is 4. The van der Waals surface area contributed by atoms with E-state index >= 15 is 0 Å². The molecule has 6 nitrogen and oxygen atoms in total. The maximum Gasteiger partial charge on any atom is 0.248 e. The monoisotopic (exact) mass is 375 g/mol. The second-order valence-electron chi connectivity index (χ2n) is 6.80. The topological polar surface area (TPSA) is 57.2 Å². The molecule has 0 aliphatic heterocycles. The largest absolute Gasteiger partial charge is 0.378 e. The van der Waals surface area contributed by atoms with Crippen molar-refractivity contribution in [2.75, 3.05) is 39.5 Å². The fourth-order valence-corrected chi connectivity index (χ4v) is 2.34. The zero-order chi connectivity index (χ0) is 20.0. The summed E-state index contributed by atoms with van der Waals surface area (Å²) in [5.74, 6) is -0.0114. The van der Waals surface area contributed by atoms with E-state index in [4.69, 9.17) is 18.9 Å². The average Bonchev–Trinajstić information content (AvgIpc) is 2.63. The molecule has 0 fully saturated rings. The molecule has 0 spiro atoms. The first-order chi connectivity index (χ1) is 12.3. The highest BCUT2D eigenvalue weighted by Gasteiger charge is 2.25. The summed E-state index contributed by atoms with van der Waals surface area (Å²) in [6, 6.07) is 0. The first-order valence-electron chi connectivity index (χ1n) is 10.1. The van der Waals surface area contributed by atoms with Gasteiger partial charge >= 0.3 is 0 Å². The molecule has 0 saturated carbocycles. The van der Waals surface area contributed by atoms with Gasteiger partial charge in [0, 0.05) is 26.3 Å². The number of hydrogen-bond donors (Lipinski definition) is 0. The molecule has 0 saturated heterocycles. The average molecular weight is 376 g/mol. The molecule has 1 amide bonds. The molecule has 0 aromatic carbocycles. The third kappa shape index (κ3) is 11.1. The van der Waals surface area contributed by atoms with Gasteiger partial charge in [-0.15, -0.1) is 0 Å². The van der Waals surface area contributed by atoms with Gasteiger partial charge in [0.25, 0.3) is 0 Å². The molecule has 0 aliphatic rings. The highest BCUT2D eigenvalue weighted by Crippen LogP contribution is 2.20. The molecule has 0 heterocycles. The maximum atomic E-state index is 12.4. The van der Waals surface area contributed by atoms with Gasteiger partial charge in [0.1, 0.15) is 6.61 Å². The van der Waals surface area contributed by atoms with Crippen LogP contribution >= 0.6 is 0 Å². The Bertz CT molecular complexity index is 366. The number of amides is 1. The summed E-state index contributed by atoms with van der Waals surface area (Å²) in [7, 11) is 0. The number of carbonyl (C=O) groups excluding carboxylic acids is 1. The number of carbonyl (C=O) groups is 1. The lowest BCUT2D eigenvalue weighted by Gasteiger charge is -2.30. The van der Waals surface area contributed by atoms with Crippen molar-refractivity contribution in [1.29, 1.82) is 0 Å². The van der Waals surface area contributed by atoms with Gasteiger partial charge in [-0.3, -0.25) is 4.79 Å². The molecule has 0 rings (SSSR count). The fourth-order valence-electron chi connectivity index (χ4n) is 2.34. The summed E-state index contributed by atoms with van der Waals surface area (Å²) in [6.07, 6.45) is 2.62. The van der Waals surface area contributed by atoms with Crippen molar-refractivity contribution in [2.24, 2.45) is 0 Å². The second-order valence-corrected chi connectivity index (χ2v) is 6.80. The van der Waals surface area contributed by atoms with Crippen molar-refractivity contribution in [3.63, 3.8) is 0 Å². The third-order valence-electron chi connectivity index (χ3n) is 4.75. The number of likely N-dealkylation sites (N-methyl/N-ethyl adjacent to an activating group) is 1. The van der Waals surface area contributed by atoms with Crippen LogP contribution in [0.25, 0.3) is 0 Å². The Morgan fingerprint density at radius 2 is 1.73 bits per heavy atom. The van der Waals surface area contributed by atoms with Gasteiger partial charge in [-0.1, -0.05) is 13.8 Å². The number of hydrogen-bond acceptors (Lipinski definition) is 5. The summed E-state index contributed by atoms with van der Waals surface area (Å²) < 4.78 is 22.6. The van der Waals surface area contributed by atoms with Crippen LogP contribution < -0.4 is 0 Å². The van der Waals surface area contributed by atoms with E-state index in [2.05, 4.69) is 20.8 Å². The minimum absolute atomic E-state index is 0.0114. The molecule has 0 aliphatic carbocycles. The molecular weight excluding hydrogens is 334 g/mol. The Balaban J connectivity index is 4.29. The van der Waals surface area contributed by atoms with E-state index in [0.717, 1.165) is 19.3 Å². The lowest BCUT2D eigenvalue weighted by molar-refractivity contribution is -0.150. The predicted molar refractivity (Wildman–Crippen MR) is 104 cm³/mol. The van der Waals surface area contributed by atoms with Crippen molar-refractivity contribution in [3.05, 3.63) is 0 Å². The minimum atomic E-state index is -0.345. The van der Waals surface area contributed by atoms with Crippen LogP contribution in [0.1, 0.15) is 67.7 Å². The van der Waals surface area contributed by atoms with Crippen LogP contribution in [0.2, 0.25) is 0 Å². The van der Waals surface area contributed by atoms with E-state index in [1.807, 2.05) is 27.7 Å². The molecule has 0 radical (unpaired) electrons. The molecule has 0 aromatic heterocycles. The highest BCUT2D eigenvalue weighted by molar-refractivity contribution is 5.77. The van der Waals surface area contributed by atoms with Gasteiger partial charge < -0.3 is 23.8 Å². The van der Waals surface area contributed by atoms with Crippen molar-refractivity contribution in [2.45, 2.75) is 85.7 Å². The molecule has 3 unspecified atom stereocenters. The normalized spacial score (nSPS) is 16.1. The van der Waals surface area contributed by atoms with Crippen LogP contribution in [-0.4, -0.2) is 68.3 Å². The van der Waals surface area contributed by atoms with Crippen molar-refractivity contribution >= 4 is 5.91 Å². The van der Waals surface area contributed by atoms with Gasteiger partial charge in [-0.25, -0.2) is 0 Å². The Labute approximate surface area is 160 Å².